The van der Waals surface area contributed by atoms with Gasteiger partial charge in [0.15, 0.2) is 4.34 Å². The highest BCUT2D eigenvalue weighted by atomic mass is 32.2. The fourth-order valence-electron chi connectivity index (χ4n) is 2.38. The molecular formula is C17H24N4O3S3. The molecule has 1 aromatic carbocycles. The molecule has 1 N–H and O–H groups in total. The highest BCUT2D eigenvalue weighted by Crippen LogP contribution is 2.30. The van der Waals surface area contributed by atoms with Gasteiger partial charge in [0, 0.05) is 5.25 Å². The molecule has 0 aliphatic heterocycles. The predicted molar refractivity (Wildman–Crippen MR) is 112 cm³/mol. The first-order valence-corrected chi connectivity index (χ1v) is 12.0. The summed E-state index contributed by atoms with van der Waals surface area (Å²) in [5.41, 5.74) is 1.38. The first-order chi connectivity index (χ1) is 12.6. The van der Waals surface area contributed by atoms with Gasteiger partial charge in [0.25, 0.3) is 0 Å². The lowest BCUT2D eigenvalue weighted by atomic mass is 10.0. The largest absolute Gasteiger partial charge is 0.299 e. The maximum Gasteiger partial charge on any atom is 0.246 e. The molecule has 0 saturated heterocycles. The molecule has 0 aliphatic rings. The monoisotopic (exact) mass is 428 g/mol. The Morgan fingerprint density at radius 3 is 2.48 bits per heavy atom. The number of aromatic nitrogens is 2. The average molecular weight is 429 g/mol. The van der Waals surface area contributed by atoms with E-state index in [0.717, 1.165) is 20.5 Å². The van der Waals surface area contributed by atoms with Crippen LogP contribution >= 0.6 is 23.1 Å². The Hall–Kier alpha value is -1.65. The zero-order chi connectivity index (χ0) is 20.2. The van der Waals surface area contributed by atoms with Gasteiger partial charge in [-0.1, -0.05) is 69.0 Å². The second-order valence-corrected chi connectivity index (χ2v) is 11.3. The van der Waals surface area contributed by atoms with E-state index >= 15 is 0 Å². The van der Waals surface area contributed by atoms with Crippen molar-refractivity contribution in [3.8, 4) is 0 Å². The zero-order valence-electron chi connectivity index (χ0n) is 16.0. The van der Waals surface area contributed by atoms with Crippen LogP contribution in [0.2, 0.25) is 0 Å². The van der Waals surface area contributed by atoms with Crippen LogP contribution in [0.4, 0.5) is 10.8 Å². The normalized spacial score (nSPS) is 11.8. The summed E-state index contributed by atoms with van der Waals surface area (Å²) in [6.07, 6.45) is 1.10. The van der Waals surface area contributed by atoms with E-state index in [2.05, 4.69) is 15.5 Å². The second-order valence-electron chi connectivity index (χ2n) is 6.57. The summed E-state index contributed by atoms with van der Waals surface area (Å²) in [4.78, 5) is 12.5. The number of thioether (sulfide) groups is 1. The van der Waals surface area contributed by atoms with Gasteiger partial charge in [-0.2, -0.15) is 0 Å². The van der Waals surface area contributed by atoms with Crippen molar-refractivity contribution in [3.05, 3.63) is 29.8 Å². The molecule has 0 saturated carbocycles. The van der Waals surface area contributed by atoms with E-state index in [4.69, 9.17) is 0 Å². The number of nitrogens with one attached hydrogen (secondary N) is 1. The summed E-state index contributed by atoms with van der Waals surface area (Å²) in [6.45, 7) is 7.72. The minimum Gasteiger partial charge on any atom is -0.299 e. The number of sulfonamides is 1. The number of rotatable bonds is 8. The maximum absolute atomic E-state index is 12.5. The minimum atomic E-state index is -3.64. The Kier molecular flexibility index (Phi) is 7.24. The Morgan fingerprint density at radius 1 is 1.22 bits per heavy atom. The van der Waals surface area contributed by atoms with Gasteiger partial charge in [-0.05, 0) is 17.5 Å². The number of benzene rings is 1. The summed E-state index contributed by atoms with van der Waals surface area (Å²) < 4.78 is 26.6. The first-order valence-electron chi connectivity index (χ1n) is 8.44. The third kappa shape index (κ3) is 6.18. The molecule has 1 heterocycles. The number of para-hydroxylation sites is 1. The smallest absolute Gasteiger partial charge is 0.246 e. The first kappa shape index (κ1) is 21.6. The number of hydrogen-bond acceptors (Lipinski definition) is 7. The lowest BCUT2D eigenvalue weighted by Crippen LogP contribution is -2.38. The third-order valence-electron chi connectivity index (χ3n) is 3.50. The van der Waals surface area contributed by atoms with Crippen LogP contribution in [0.25, 0.3) is 0 Å². The van der Waals surface area contributed by atoms with Crippen LogP contribution in [0, 0.1) is 0 Å². The average Bonchev–Trinajstić information content (AvgIpc) is 2.97. The van der Waals surface area contributed by atoms with Crippen molar-refractivity contribution in [2.45, 2.75) is 43.2 Å². The van der Waals surface area contributed by atoms with Gasteiger partial charge in [-0.25, -0.2) is 8.42 Å². The standard InChI is InChI=1S/C17H24N4O3S3/c1-11(2)13-8-6-7-9-14(13)21(27(5,23)24)10-15(22)18-16-19-20-17(26-16)25-12(3)4/h6-9,11-12H,10H2,1-5H3,(H,18,19,22). The van der Waals surface area contributed by atoms with Gasteiger partial charge in [0.2, 0.25) is 21.1 Å². The number of nitrogens with zero attached hydrogens (tertiary/aromatic N) is 3. The summed E-state index contributed by atoms with van der Waals surface area (Å²) >= 11 is 2.82. The van der Waals surface area contributed by atoms with Crippen LogP contribution < -0.4 is 9.62 Å². The summed E-state index contributed by atoms with van der Waals surface area (Å²) in [5, 5.41) is 11.3. The van der Waals surface area contributed by atoms with E-state index in [1.807, 2.05) is 39.8 Å². The molecule has 1 aromatic heterocycles. The van der Waals surface area contributed by atoms with Crippen molar-refractivity contribution >= 4 is 49.8 Å². The zero-order valence-corrected chi connectivity index (χ0v) is 18.4. The van der Waals surface area contributed by atoms with Crippen LogP contribution in [-0.2, 0) is 14.8 Å². The van der Waals surface area contributed by atoms with Gasteiger partial charge in [0.1, 0.15) is 6.54 Å². The molecule has 10 heteroatoms. The Bertz CT molecular complexity index is 894. The highest BCUT2D eigenvalue weighted by molar-refractivity contribution is 8.01. The molecule has 0 radical (unpaired) electrons. The van der Waals surface area contributed by atoms with Crippen molar-refractivity contribution in [2.75, 3.05) is 22.4 Å². The number of anilines is 2. The Labute approximate surface area is 168 Å². The Morgan fingerprint density at radius 2 is 1.89 bits per heavy atom. The molecule has 0 spiro atoms. The van der Waals surface area contributed by atoms with E-state index in [-0.39, 0.29) is 12.5 Å². The highest BCUT2D eigenvalue weighted by Gasteiger charge is 2.24. The van der Waals surface area contributed by atoms with Gasteiger partial charge >= 0.3 is 0 Å². The Balaban J connectivity index is 2.20. The van der Waals surface area contributed by atoms with Crippen molar-refractivity contribution in [3.63, 3.8) is 0 Å². The topological polar surface area (TPSA) is 92.3 Å². The number of carbonyl (C=O) groups is 1. The summed E-state index contributed by atoms with van der Waals surface area (Å²) in [5.74, 6) is -0.344. The molecule has 0 atom stereocenters. The van der Waals surface area contributed by atoms with E-state index in [1.54, 1.807) is 23.9 Å². The molecule has 27 heavy (non-hydrogen) atoms. The molecule has 0 bridgehead atoms. The van der Waals surface area contributed by atoms with Crippen LogP contribution in [0.1, 0.15) is 39.2 Å². The molecule has 7 nitrogen and oxygen atoms in total. The van der Waals surface area contributed by atoms with Gasteiger partial charge in [-0.15, -0.1) is 10.2 Å². The SMILES string of the molecule is CC(C)Sc1nnc(NC(=O)CN(c2ccccc2C(C)C)S(C)(=O)=O)s1. The molecule has 0 aliphatic carbocycles. The van der Waals surface area contributed by atoms with Gasteiger partial charge in [0.05, 0.1) is 11.9 Å². The molecule has 1 amide bonds. The van der Waals surface area contributed by atoms with Gasteiger partial charge < -0.3 is 0 Å². The second kappa shape index (κ2) is 9.03. The van der Waals surface area contributed by atoms with Crippen LogP contribution in [0.15, 0.2) is 28.6 Å². The van der Waals surface area contributed by atoms with E-state index in [1.165, 1.54) is 11.3 Å². The quantitative estimate of drug-likeness (QED) is 0.510. The van der Waals surface area contributed by atoms with Crippen molar-refractivity contribution in [1.29, 1.82) is 0 Å². The fourth-order valence-corrected chi connectivity index (χ4v) is 5.25. The molecule has 148 valence electrons. The molecule has 0 unspecified atom stereocenters. The van der Waals surface area contributed by atoms with Crippen LogP contribution in [0.3, 0.4) is 0 Å². The number of carbonyl (C=O) groups excluding carboxylic acids is 1. The van der Waals surface area contributed by atoms with Crippen molar-refractivity contribution in [2.24, 2.45) is 0 Å². The summed E-state index contributed by atoms with van der Waals surface area (Å²) in [6, 6.07) is 7.20. The van der Waals surface area contributed by atoms with Crippen LogP contribution in [-0.4, -0.2) is 42.6 Å². The molecule has 2 aromatic rings. The van der Waals surface area contributed by atoms with Crippen molar-refractivity contribution in [1.82, 2.24) is 10.2 Å². The summed E-state index contributed by atoms with van der Waals surface area (Å²) in [7, 11) is -3.64. The van der Waals surface area contributed by atoms with Gasteiger partial charge in [-0.3, -0.25) is 14.4 Å². The number of amides is 1. The number of hydrogen-bond donors (Lipinski definition) is 1. The van der Waals surface area contributed by atoms with E-state index < -0.39 is 15.9 Å². The molecule has 2 rings (SSSR count). The fraction of sp³-hybridized carbons (Fsp3) is 0.471. The van der Waals surface area contributed by atoms with E-state index in [9.17, 15) is 13.2 Å². The molecule has 0 fully saturated rings. The lowest BCUT2D eigenvalue weighted by Gasteiger charge is -2.25. The third-order valence-corrected chi connectivity index (χ3v) is 6.56. The van der Waals surface area contributed by atoms with E-state index in [0.29, 0.717) is 16.1 Å². The lowest BCUT2D eigenvalue weighted by molar-refractivity contribution is -0.114. The maximum atomic E-state index is 12.5. The molecular weight excluding hydrogens is 404 g/mol. The predicted octanol–water partition coefficient (Wildman–Crippen LogP) is 3.57. The van der Waals surface area contributed by atoms with Crippen LogP contribution in [0.5, 0.6) is 0 Å². The minimum absolute atomic E-state index is 0.118. The van der Waals surface area contributed by atoms with Crippen molar-refractivity contribution < 1.29 is 13.2 Å².